The summed E-state index contributed by atoms with van der Waals surface area (Å²) in [5.41, 5.74) is 1.24. The van der Waals surface area contributed by atoms with Crippen LogP contribution in [0.1, 0.15) is 57.1 Å². The molecule has 0 aliphatic heterocycles. The Morgan fingerprint density at radius 2 is 2.26 bits per heavy atom. The van der Waals surface area contributed by atoms with Gasteiger partial charge in [-0.05, 0) is 56.7 Å². The summed E-state index contributed by atoms with van der Waals surface area (Å²) in [6.45, 7) is 3.19. The van der Waals surface area contributed by atoms with E-state index in [1.165, 1.54) is 24.8 Å². The minimum atomic E-state index is -0.0514. The fraction of sp³-hybridized carbons (Fsp3) is 0.688. The van der Waals surface area contributed by atoms with Crippen molar-refractivity contribution >= 4 is 0 Å². The number of nitrogens with one attached hydrogen (secondary N) is 1. The molecular weight excluding hydrogens is 236 g/mol. The maximum Gasteiger partial charge on any atom is 0.0568 e. The highest BCUT2D eigenvalue weighted by molar-refractivity contribution is 5.12. The van der Waals surface area contributed by atoms with E-state index in [1.54, 1.807) is 6.20 Å². The zero-order valence-corrected chi connectivity index (χ0v) is 11.9. The van der Waals surface area contributed by atoms with Crippen molar-refractivity contribution in [2.75, 3.05) is 6.54 Å². The first kappa shape index (κ1) is 14.5. The molecule has 0 amide bonds. The molecule has 1 aromatic heterocycles. The second-order valence-corrected chi connectivity index (χ2v) is 5.72. The molecule has 19 heavy (non-hydrogen) atoms. The van der Waals surface area contributed by atoms with Crippen molar-refractivity contribution in [1.82, 2.24) is 10.3 Å². The lowest BCUT2D eigenvalue weighted by atomic mass is 9.83. The van der Waals surface area contributed by atoms with Gasteiger partial charge in [-0.25, -0.2) is 0 Å². The Morgan fingerprint density at radius 3 is 3.00 bits per heavy atom. The molecule has 3 heteroatoms. The number of aromatic nitrogens is 1. The van der Waals surface area contributed by atoms with E-state index in [9.17, 15) is 5.11 Å². The summed E-state index contributed by atoms with van der Waals surface area (Å²) in [4.78, 5) is 4.14. The fourth-order valence-corrected chi connectivity index (χ4v) is 2.96. The summed E-state index contributed by atoms with van der Waals surface area (Å²) in [5.74, 6) is 0.532. The molecule has 1 heterocycles. The highest BCUT2D eigenvalue weighted by Gasteiger charge is 2.22. The molecule has 3 atom stereocenters. The smallest absolute Gasteiger partial charge is 0.0568 e. The number of nitrogens with zero attached hydrogens (tertiary/aromatic N) is 1. The first-order valence-electron chi connectivity index (χ1n) is 7.58. The van der Waals surface area contributed by atoms with E-state index < -0.39 is 0 Å². The van der Waals surface area contributed by atoms with Crippen LogP contribution < -0.4 is 5.32 Å². The first-order valence-corrected chi connectivity index (χ1v) is 7.58. The molecule has 3 unspecified atom stereocenters. The molecule has 0 spiro atoms. The first-order chi connectivity index (χ1) is 9.27. The Morgan fingerprint density at radius 1 is 1.42 bits per heavy atom. The second kappa shape index (κ2) is 7.61. The number of hydrogen-bond donors (Lipinski definition) is 2. The van der Waals surface area contributed by atoms with Gasteiger partial charge in [-0.2, -0.15) is 0 Å². The van der Waals surface area contributed by atoms with E-state index in [4.69, 9.17) is 0 Å². The summed E-state index contributed by atoms with van der Waals surface area (Å²) in [6.07, 6.45) is 10.7. The van der Waals surface area contributed by atoms with Gasteiger partial charge in [0.2, 0.25) is 0 Å². The summed E-state index contributed by atoms with van der Waals surface area (Å²) in [6, 6.07) is 4.44. The number of rotatable bonds is 6. The van der Waals surface area contributed by atoms with Gasteiger partial charge in [0.05, 0.1) is 6.10 Å². The van der Waals surface area contributed by atoms with E-state index in [-0.39, 0.29) is 6.10 Å². The van der Waals surface area contributed by atoms with Gasteiger partial charge in [0.25, 0.3) is 0 Å². The van der Waals surface area contributed by atoms with Crippen LogP contribution in [-0.4, -0.2) is 22.7 Å². The molecule has 1 aliphatic rings. The molecule has 3 nitrogen and oxygen atoms in total. The van der Waals surface area contributed by atoms with Crippen LogP contribution in [0, 0.1) is 5.92 Å². The van der Waals surface area contributed by atoms with Crippen LogP contribution >= 0.6 is 0 Å². The van der Waals surface area contributed by atoms with Gasteiger partial charge in [-0.1, -0.05) is 18.9 Å². The van der Waals surface area contributed by atoms with Gasteiger partial charge < -0.3 is 10.4 Å². The monoisotopic (exact) mass is 262 g/mol. The molecule has 2 N–H and O–H groups in total. The Hall–Kier alpha value is -0.930. The Balaban J connectivity index is 1.64. The molecule has 106 valence electrons. The topological polar surface area (TPSA) is 45.1 Å². The molecule has 0 saturated heterocycles. The van der Waals surface area contributed by atoms with Crippen molar-refractivity contribution in [1.29, 1.82) is 0 Å². The lowest BCUT2D eigenvalue weighted by molar-refractivity contribution is 0.0642. The quantitative estimate of drug-likeness (QED) is 0.774. The molecule has 0 aromatic carbocycles. The summed E-state index contributed by atoms with van der Waals surface area (Å²) in [7, 11) is 0. The van der Waals surface area contributed by atoms with Crippen molar-refractivity contribution in [3.8, 4) is 0 Å². The van der Waals surface area contributed by atoms with E-state index >= 15 is 0 Å². The van der Waals surface area contributed by atoms with Gasteiger partial charge >= 0.3 is 0 Å². The highest BCUT2D eigenvalue weighted by atomic mass is 16.3. The third kappa shape index (κ3) is 4.59. The van der Waals surface area contributed by atoms with Crippen LogP contribution in [-0.2, 0) is 0 Å². The average molecular weight is 262 g/mol. The normalized spacial score (nSPS) is 25.2. The maximum atomic E-state index is 9.93. The summed E-state index contributed by atoms with van der Waals surface area (Å²) >= 11 is 0. The van der Waals surface area contributed by atoms with Crippen molar-refractivity contribution in [3.63, 3.8) is 0 Å². The number of pyridine rings is 1. The van der Waals surface area contributed by atoms with Crippen LogP contribution in [0.5, 0.6) is 0 Å². The highest BCUT2D eigenvalue weighted by Crippen LogP contribution is 2.27. The molecule has 1 aliphatic carbocycles. The van der Waals surface area contributed by atoms with Gasteiger partial charge in [0, 0.05) is 18.4 Å². The predicted molar refractivity (Wildman–Crippen MR) is 77.9 cm³/mol. The molecule has 0 radical (unpaired) electrons. The van der Waals surface area contributed by atoms with E-state index in [1.807, 2.05) is 12.3 Å². The Labute approximate surface area is 116 Å². The largest absolute Gasteiger partial charge is 0.393 e. The molecule has 1 saturated carbocycles. The van der Waals surface area contributed by atoms with Crippen molar-refractivity contribution in [3.05, 3.63) is 30.1 Å². The van der Waals surface area contributed by atoms with Crippen LogP contribution in [0.3, 0.4) is 0 Å². The van der Waals surface area contributed by atoms with Crippen LogP contribution in [0.25, 0.3) is 0 Å². The number of aliphatic hydroxyl groups excluding tert-OH is 1. The minimum Gasteiger partial charge on any atom is -0.393 e. The molecule has 1 fully saturated rings. The zero-order chi connectivity index (χ0) is 13.5. The molecule has 2 rings (SSSR count). The standard InChI is InChI=1S/C16H26N2O/c1-13(15-8-4-10-17-12-15)18-11-5-7-14-6-2-3-9-16(14)19/h4,8,10,12-14,16,18-19H,2-3,5-7,9,11H2,1H3. The molecule has 0 bridgehead atoms. The predicted octanol–water partition coefficient (Wildman–Crippen LogP) is 3.06. The number of hydrogen-bond acceptors (Lipinski definition) is 3. The van der Waals surface area contributed by atoms with E-state index in [0.717, 1.165) is 25.8 Å². The van der Waals surface area contributed by atoms with Crippen LogP contribution in [0.2, 0.25) is 0 Å². The third-order valence-electron chi connectivity index (χ3n) is 4.26. The molecular formula is C16H26N2O. The SMILES string of the molecule is CC(NCCCC1CCCCC1O)c1cccnc1. The lowest BCUT2D eigenvalue weighted by Crippen LogP contribution is -2.26. The Bertz CT molecular complexity index is 355. The van der Waals surface area contributed by atoms with Crippen molar-refractivity contribution in [2.45, 2.75) is 57.6 Å². The maximum absolute atomic E-state index is 9.93. The second-order valence-electron chi connectivity index (χ2n) is 5.72. The van der Waals surface area contributed by atoms with Crippen LogP contribution in [0.15, 0.2) is 24.5 Å². The van der Waals surface area contributed by atoms with Gasteiger partial charge in [0.15, 0.2) is 0 Å². The van der Waals surface area contributed by atoms with Gasteiger partial charge in [-0.15, -0.1) is 0 Å². The minimum absolute atomic E-state index is 0.0514. The third-order valence-corrected chi connectivity index (χ3v) is 4.26. The van der Waals surface area contributed by atoms with Crippen molar-refractivity contribution in [2.24, 2.45) is 5.92 Å². The zero-order valence-electron chi connectivity index (χ0n) is 11.9. The van der Waals surface area contributed by atoms with E-state index in [0.29, 0.717) is 12.0 Å². The summed E-state index contributed by atoms with van der Waals surface area (Å²) < 4.78 is 0. The Kier molecular flexibility index (Phi) is 5.80. The average Bonchev–Trinajstić information content (AvgIpc) is 2.46. The van der Waals surface area contributed by atoms with E-state index in [2.05, 4.69) is 23.3 Å². The van der Waals surface area contributed by atoms with Crippen molar-refractivity contribution < 1.29 is 5.11 Å². The fourth-order valence-electron chi connectivity index (χ4n) is 2.96. The lowest BCUT2D eigenvalue weighted by Gasteiger charge is -2.27. The van der Waals surface area contributed by atoms with Gasteiger partial charge in [-0.3, -0.25) is 4.98 Å². The number of aliphatic hydroxyl groups is 1. The van der Waals surface area contributed by atoms with Crippen LogP contribution in [0.4, 0.5) is 0 Å². The molecule has 1 aromatic rings. The summed E-state index contributed by atoms with van der Waals surface area (Å²) in [5, 5.41) is 13.5. The van der Waals surface area contributed by atoms with Gasteiger partial charge in [0.1, 0.15) is 0 Å².